The highest BCUT2D eigenvalue weighted by molar-refractivity contribution is 8.39. The van der Waals surface area contributed by atoms with Crippen LogP contribution < -0.4 is 0 Å². The number of nitrogens with zero attached hydrogens (tertiary/aromatic N) is 1. The minimum Gasteiger partial charge on any atom is -0.271 e. The van der Waals surface area contributed by atoms with Crippen LogP contribution in [0.3, 0.4) is 0 Å². The zero-order valence-corrected chi connectivity index (χ0v) is 5.93. The molecule has 0 saturated carbocycles. The summed E-state index contributed by atoms with van der Waals surface area (Å²) in [4.78, 5) is 4.07. The van der Waals surface area contributed by atoms with E-state index in [4.69, 9.17) is 0 Å². The van der Waals surface area contributed by atoms with Crippen LogP contribution in [0.1, 0.15) is 0 Å². The van der Waals surface area contributed by atoms with E-state index in [2.05, 4.69) is 4.99 Å². The highest BCUT2D eigenvalue weighted by Gasteiger charge is 2.05. The molecule has 1 radical (unpaired) electrons. The summed E-state index contributed by atoms with van der Waals surface area (Å²) in [6, 6.07) is 0. The third kappa shape index (κ3) is 1.69. The predicted molar refractivity (Wildman–Crippen MR) is 37.9 cm³/mol. The Morgan fingerprint density at radius 3 is 3.25 bits per heavy atom. The molecule has 45 valence electrons. The summed E-state index contributed by atoms with van der Waals surface area (Å²) >= 11 is 2.98. The average Bonchev–Trinajstić information content (AvgIpc) is 2.19. The van der Waals surface area contributed by atoms with Gasteiger partial charge in [-0.2, -0.15) is 0 Å². The van der Waals surface area contributed by atoms with Crippen molar-refractivity contribution >= 4 is 27.9 Å². The fraction of sp³-hybridized carbons (Fsp3) is 0.750. The maximum atomic E-state index is 9.95. The van der Waals surface area contributed by atoms with Crippen molar-refractivity contribution in [3.8, 4) is 0 Å². The van der Waals surface area contributed by atoms with E-state index in [-0.39, 0.29) is 5.94 Å². The van der Waals surface area contributed by atoms with Crippen LogP contribution in [0.4, 0.5) is 0 Å². The first-order valence-corrected chi connectivity index (χ1v) is 4.29. The van der Waals surface area contributed by atoms with E-state index in [1.165, 1.54) is 11.8 Å². The lowest BCUT2D eigenvalue weighted by Crippen LogP contribution is -1.79. The molecular formula is C4H6NOS2. The van der Waals surface area contributed by atoms with Crippen LogP contribution in [0, 0.1) is 0 Å². The molecule has 1 aliphatic heterocycles. The third-order valence-electron chi connectivity index (χ3n) is 0.740. The standard InChI is InChI=1S/C4H6NOS2/c6-3-8-4-5-1-2-7-4/h1-3H2. The summed E-state index contributed by atoms with van der Waals surface area (Å²) in [6.07, 6.45) is 0. The van der Waals surface area contributed by atoms with Gasteiger partial charge in [-0.05, 0) is 0 Å². The molecule has 0 aromatic heterocycles. The maximum absolute atomic E-state index is 9.95. The minimum atomic E-state index is -0.0914. The van der Waals surface area contributed by atoms with E-state index in [1.54, 1.807) is 11.8 Å². The van der Waals surface area contributed by atoms with Gasteiger partial charge >= 0.3 is 0 Å². The van der Waals surface area contributed by atoms with E-state index < -0.39 is 0 Å². The molecule has 8 heavy (non-hydrogen) atoms. The molecule has 0 unspecified atom stereocenters. The van der Waals surface area contributed by atoms with Gasteiger partial charge < -0.3 is 0 Å². The third-order valence-corrected chi connectivity index (χ3v) is 2.70. The van der Waals surface area contributed by atoms with E-state index in [0.29, 0.717) is 0 Å². The van der Waals surface area contributed by atoms with E-state index in [9.17, 15) is 5.11 Å². The Morgan fingerprint density at radius 1 is 1.88 bits per heavy atom. The molecule has 4 heteroatoms. The minimum absolute atomic E-state index is 0.0914. The fourth-order valence-corrected chi connectivity index (χ4v) is 2.00. The predicted octanol–water partition coefficient (Wildman–Crippen LogP) is 1.21. The first-order chi connectivity index (χ1) is 3.93. The van der Waals surface area contributed by atoms with Gasteiger partial charge in [-0.1, -0.05) is 23.5 Å². The zero-order valence-electron chi connectivity index (χ0n) is 4.29. The topological polar surface area (TPSA) is 32.3 Å². The Labute approximate surface area is 56.8 Å². The molecule has 0 N–H and O–H groups in total. The number of hydrogen-bond acceptors (Lipinski definition) is 3. The molecule has 0 amide bonds. The van der Waals surface area contributed by atoms with Crippen molar-refractivity contribution in [2.75, 3.05) is 18.2 Å². The number of hydrogen-bond donors (Lipinski definition) is 0. The first kappa shape index (κ1) is 6.45. The second kappa shape index (κ2) is 3.37. The molecule has 0 spiro atoms. The van der Waals surface area contributed by atoms with Crippen molar-refractivity contribution in [3.05, 3.63) is 0 Å². The van der Waals surface area contributed by atoms with Crippen LogP contribution in [0.15, 0.2) is 4.99 Å². The van der Waals surface area contributed by atoms with Gasteiger partial charge in [0.25, 0.3) is 0 Å². The molecule has 0 bridgehead atoms. The smallest absolute Gasteiger partial charge is 0.134 e. The summed E-state index contributed by atoms with van der Waals surface area (Å²) in [5, 5.41) is 9.95. The van der Waals surface area contributed by atoms with Crippen molar-refractivity contribution in [1.82, 2.24) is 0 Å². The SMILES string of the molecule is [O]CSC1=NCCS1. The molecule has 1 rings (SSSR count). The molecule has 0 aromatic carbocycles. The summed E-state index contributed by atoms with van der Waals surface area (Å²) < 4.78 is 0.972. The second-order valence-corrected chi connectivity index (χ2v) is 3.51. The zero-order chi connectivity index (χ0) is 5.82. The molecule has 0 saturated heterocycles. The monoisotopic (exact) mass is 148 g/mol. The molecule has 0 aromatic rings. The second-order valence-electron chi connectivity index (χ2n) is 1.26. The quantitative estimate of drug-likeness (QED) is 0.523. The molecule has 2 nitrogen and oxygen atoms in total. The van der Waals surface area contributed by atoms with E-state index in [1.807, 2.05) is 0 Å². The maximum Gasteiger partial charge on any atom is 0.134 e. The van der Waals surface area contributed by atoms with Crippen molar-refractivity contribution in [1.29, 1.82) is 0 Å². The summed E-state index contributed by atoms with van der Waals surface area (Å²) in [5.41, 5.74) is 0. The fourth-order valence-electron chi connectivity index (χ4n) is 0.453. The van der Waals surface area contributed by atoms with Crippen molar-refractivity contribution < 1.29 is 5.11 Å². The lowest BCUT2D eigenvalue weighted by molar-refractivity contribution is 0.261. The number of thioether (sulfide) groups is 2. The Morgan fingerprint density at radius 2 is 2.75 bits per heavy atom. The van der Waals surface area contributed by atoms with E-state index in [0.717, 1.165) is 16.7 Å². The Balaban J connectivity index is 2.23. The number of aliphatic imine (C=N–C) groups is 1. The van der Waals surface area contributed by atoms with Crippen LogP contribution in [-0.4, -0.2) is 22.6 Å². The summed E-state index contributed by atoms with van der Waals surface area (Å²) in [5.74, 6) is 0.966. The lowest BCUT2D eigenvalue weighted by atomic mass is 10.8. The van der Waals surface area contributed by atoms with Gasteiger partial charge in [0.05, 0.1) is 6.54 Å². The average molecular weight is 148 g/mol. The van der Waals surface area contributed by atoms with Crippen LogP contribution in [-0.2, 0) is 5.11 Å². The summed E-state index contributed by atoms with van der Waals surface area (Å²) in [6.45, 7) is 0.896. The lowest BCUT2D eigenvalue weighted by Gasteiger charge is -1.88. The summed E-state index contributed by atoms with van der Waals surface area (Å²) in [7, 11) is 0. The van der Waals surface area contributed by atoms with Crippen LogP contribution >= 0.6 is 23.5 Å². The molecule has 1 aliphatic rings. The van der Waals surface area contributed by atoms with Gasteiger partial charge in [0.15, 0.2) is 0 Å². The normalized spacial score (nSPS) is 18.9. The number of rotatable bonds is 1. The first-order valence-electron chi connectivity index (χ1n) is 2.31. The van der Waals surface area contributed by atoms with Gasteiger partial charge in [0.1, 0.15) is 10.3 Å². The largest absolute Gasteiger partial charge is 0.271 e. The van der Waals surface area contributed by atoms with Gasteiger partial charge in [-0.3, -0.25) is 4.99 Å². The molecule has 0 atom stereocenters. The molecular weight excluding hydrogens is 142 g/mol. The molecule has 1 heterocycles. The van der Waals surface area contributed by atoms with Gasteiger partial charge in [0.2, 0.25) is 0 Å². The van der Waals surface area contributed by atoms with Crippen molar-refractivity contribution in [3.63, 3.8) is 0 Å². The van der Waals surface area contributed by atoms with Gasteiger partial charge in [0, 0.05) is 5.75 Å². The Bertz CT molecular complexity index is 104. The highest BCUT2D eigenvalue weighted by Crippen LogP contribution is 2.20. The van der Waals surface area contributed by atoms with Gasteiger partial charge in [-0.25, -0.2) is 5.11 Å². The van der Waals surface area contributed by atoms with Crippen LogP contribution in [0.5, 0.6) is 0 Å². The Kier molecular flexibility index (Phi) is 2.72. The van der Waals surface area contributed by atoms with Crippen LogP contribution in [0.25, 0.3) is 0 Å². The Hall–Kier alpha value is 0.330. The highest BCUT2D eigenvalue weighted by atomic mass is 32.2. The van der Waals surface area contributed by atoms with Crippen molar-refractivity contribution in [2.45, 2.75) is 0 Å². The van der Waals surface area contributed by atoms with Crippen molar-refractivity contribution in [2.24, 2.45) is 4.99 Å². The molecule has 0 aliphatic carbocycles. The van der Waals surface area contributed by atoms with E-state index >= 15 is 0 Å². The molecule has 0 fully saturated rings. The van der Waals surface area contributed by atoms with Crippen LogP contribution in [0.2, 0.25) is 0 Å². The van der Waals surface area contributed by atoms with Gasteiger partial charge in [-0.15, -0.1) is 0 Å².